The molecular formula is C10H14N2O3S. The van der Waals surface area contributed by atoms with E-state index in [1.807, 2.05) is 0 Å². The summed E-state index contributed by atoms with van der Waals surface area (Å²) in [5, 5.41) is 9.02. The predicted octanol–water partition coefficient (Wildman–Crippen LogP) is -0.0627. The second-order valence-corrected chi connectivity index (χ2v) is 6.80. The quantitative estimate of drug-likeness (QED) is 0.645. The van der Waals surface area contributed by atoms with Crippen LogP contribution in [0.15, 0.2) is 0 Å². The van der Waals surface area contributed by atoms with Crippen LogP contribution in [0.5, 0.6) is 0 Å². The number of hydrogen-bond donors (Lipinski definition) is 0. The fourth-order valence-electron chi connectivity index (χ4n) is 2.12. The Balaban J connectivity index is 2.05. The summed E-state index contributed by atoms with van der Waals surface area (Å²) in [6.45, 7) is 0.481. The smallest absolute Gasteiger partial charge is 0.243 e. The monoisotopic (exact) mass is 242 g/mol. The fourth-order valence-corrected chi connectivity index (χ4v) is 3.32. The second-order valence-electron chi connectivity index (χ2n) is 4.49. The van der Waals surface area contributed by atoms with Gasteiger partial charge >= 0.3 is 0 Å². The van der Waals surface area contributed by atoms with Crippen molar-refractivity contribution in [2.24, 2.45) is 5.41 Å². The van der Waals surface area contributed by atoms with E-state index in [0.717, 1.165) is 6.42 Å². The van der Waals surface area contributed by atoms with Crippen LogP contribution in [0.25, 0.3) is 0 Å². The van der Waals surface area contributed by atoms with Crippen LogP contribution in [0, 0.1) is 16.7 Å². The van der Waals surface area contributed by atoms with Crippen molar-refractivity contribution in [1.29, 1.82) is 5.26 Å². The lowest BCUT2D eigenvalue weighted by Gasteiger charge is -2.39. The predicted molar refractivity (Wildman–Crippen MR) is 57.1 cm³/mol. The molecule has 1 aliphatic carbocycles. The molecule has 2 fully saturated rings. The normalized spacial score (nSPS) is 26.6. The zero-order valence-corrected chi connectivity index (χ0v) is 9.79. The lowest BCUT2D eigenvalue weighted by molar-refractivity contribution is -0.142. The first-order valence-corrected chi connectivity index (χ1v) is 7.22. The number of nitriles is 1. The van der Waals surface area contributed by atoms with Crippen molar-refractivity contribution in [1.82, 2.24) is 4.90 Å². The Labute approximate surface area is 95.0 Å². The summed E-state index contributed by atoms with van der Waals surface area (Å²) in [6, 6.07) is 2.09. The Bertz CT molecular complexity index is 431. The molecule has 0 bridgehead atoms. The largest absolute Gasteiger partial charge is 0.339 e. The average molecular weight is 242 g/mol. The third kappa shape index (κ3) is 1.80. The molecule has 1 saturated heterocycles. The number of rotatable bonds is 1. The van der Waals surface area contributed by atoms with Crippen molar-refractivity contribution >= 4 is 15.7 Å². The van der Waals surface area contributed by atoms with Gasteiger partial charge in [0.1, 0.15) is 5.41 Å². The van der Waals surface area contributed by atoms with Crippen LogP contribution in [0.3, 0.4) is 0 Å². The van der Waals surface area contributed by atoms with Gasteiger partial charge < -0.3 is 4.90 Å². The highest BCUT2D eigenvalue weighted by molar-refractivity contribution is 7.91. The van der Waals surface area contributed by atoms with Crippen LogP contribution in [0.1, 0.15) is 19.3 Å². The Hall–Kier alpha value is -1.09. The average Bonchev–Trinajstić information content (AvgIpc) is 2.16. The van der Waals surface area contributed by atoms with Gasteiger partial charge in [0.05, 0.1) is 17.6 Å². The third-order valence-electron chi connectivity index (χ3n) is 3.46. The Kier molecular flexibility index (Phi) is 2.66. The van der Waals surface area contributed by atoms with Crippen molar-refractivity contribution in [3.05, 3.63) is 0 Å². The maximum atomic E-state index is 12.1. The van der Waals surface area contributed by atoms with E-state index in [0.29, 0.717) is 12.8 Å². The van der Waals surface area contributed by atoms with E-state index in [1.54, 1.807) is 0 Å². The summed E-state index contributed by atoms with van der Waals surface area (Å²) < 4.78 is 22.4. The number of sulfone groups is 1. The Morgan fingerprint density at radius 2 is 1.81 bits per heavy atom. The lowest BCUT2D eigenvalue weighted by Crippen LogP contribution is -2.52. The molecular weight excluding hydrogens is 228 g/mol. The van der Waals surface area contributed by atoms with Crippen LogP contribution < -0.4 is 0 Å². The summed E-state index contributed by atoms with van der Waals surface area (Å²) in [5.41, 5.74) is -0.846. The highest BCUT2D eigenvalue weighted by Gasteiger charge is 2.47. The maximum absolute atomic E-state index is 12.1. The summed E-state index contributed by atoms with van der Waals surface area (Å²) >= 11 is 0. The Morgan fingerprint density at radius 3 is 2.19 bits per heavy atom. The van der Waals surface area contributed by atoms with Gasteiger partial charge in [0.2, 0.25) is 5.91 Å². The minimum atomic E-state index is -2.97. The highest BCUT2D eigenvalue weighted by atomic mass is 32.2. The van der Waals surface area contributed by atoms with E-state index in [9.17, 15) is 13.2 Å². The lowest BCUT2D eigenvalue weighted by atomic mass is 9.69. The molecule has 0 aromatic carbocycles. The molecule has 0 aromatic rings. The van der Waals surface area contributed by atoms with Gasteiger partial charge in [-0.3, -0.25) is 4.79 Å². The fraction of sp³-hybridized carbons (Fsp3) is 0.800. The van der Waals surface area contributed by atoms with E-state index in [-0.39, 0.29) is 30.5 Å². The molecule has 1 saturated carbocycles. The first-order valence-electron chi connectivity index (χ1n) is 5.40. The molecule has 0 radical (unpaired) electrons. The van der Waals surface area contributed by atoms with E-state index in [2.05, 4.69) is 6.07 Å². The standard InChI is InChI=1S/C10H14N2O3S/c11-8-10(2-1-3-10)9(13)12-4-6-16(14,15)7-5-12/h1-7H2. The molecule has 1 aliphatic heterocycles. The third-order valence-corrected chi connectivity index (χ3v) is 5.07. The molecule has 0 atom stereocenters. The van der Waals surface area contributed by atoms with E-state index < -0.39 is 15.3 Å². The SMILES string of the molecule is N#CC1(C(=O)N2CCS(=O)(=O)CC2)CCC1. The van der Waals surface area contributed by atoms with Crippen LogP contribution in [-0.4, -0.2) is 43.8 Å². The molecule has 2 aliphatic rings. The van der Waals surface area contributed by atoms with E-state index >= 15 is 0 Å². The second kappa shape index (κ2) is 3.74. The summed E-state index contributed by atoms with van der Waals surface area (Å²) in [4.78, 5) is 13.6. The number of amides is 1. The van der Waals surface area contributed by atoms with E-state index in [1.165, 1.54) is 4.90 Å². The molecule has 16 heavy (non-hydrogen) atoms. The van der Waals surface area contributed by atoms with Crippen molar-refractivity contribution in [2.45, 2.75) is 19.3 Å². The van der Waals surface area contributed by atoms with Gasteiger partial charge in [0.15, 0.2) is 9.84 Å². The highest BCUT2D eigenvalue weighted by Crippen LogP contribution is 2.42. The summed E-state index contributed by atoms with van der Waals surface area (Å²) in [6.07, 6.45) is 2.14. The van der Waals surface area contributed by atoms with Crippen LogP contribution in [-0.2, 0) is 14.6 Å². The van der Waals surface area contributed by atoms with Crippen LogP contribution in [0.2, 0.25) is 0 Å². The zero-order valence-electron chi connectivity index (χ0n) is 8.98. The minimum absolute atomic E-state index is 0.0280. The zero-order chi connectivity index (χ0) is 11.8. The Morgan fingerprint density at radius 1 is 1.25 bits per heavy atom. The molecule has 0 aromatic heterocycles. The first kappa shape index (κ1) is 11.4. The maximum Gasteiger partial charge on any atom is 0.243 e. The number of hydrogen-bond acceptors (Lipinski definition) is 4. The van der Waals surface area contributed by atoms with Crippen molar-refractivity contribution in [3.8, 4) is 6.07 Å². The molecule has 5 nitrogen and oxygen atoms in total. The van der Waals surface area contributed by atoms with E-state index in [4.69, 9.17) is 5.26 Å². The van der Waals surface area contributed by atoms with Gasteiger partial charge in [-0.2, -0.15) is 5.26 Å². The first-order chi connectivity index (χ1) is 7.49. The number of nitrogens with zero attached hydrogens (tertiary/aromatic N) is 2. The summed E-state index contributed by atoms with van der Waals surface area (Å²) in [7, 11) is -2.97. The molecule has 6 heteroatoms. The van der Waals surface area contributed by atoms with Gasteiger partial charge in [0.25, 0.3) is 0 Å². The van der Waals surface area contributed by atoms with Gasteiger partial charge in [-0.25, -0.2) is 8.42 Å². The molecule has 1 amide bonds. The topological polar surface area (TPSA) is 78.2 Å². The van der Waals surface area contributed by atoms with Crippen molar-refractivity contribution < 1.29 is 13.2 Å². The van der Waals surface area contributed by atoms with Gasteiger partial charge in [0, 0.05) is 13.1 Å². The van der Waals surface area contributed by atoms with Gasteiger partial charge in [-0.1, -0.05) is 0 Å². The number of carbonyl (C=O) groups is 1. The molecule has 0 unspecified atom stereocenters. The van der Waals surface area contributed by atoms with Crippen molar-refractivity contribution in [3.63, 3.8) is 0 Å². The molecule has 2 rings (SSSR count). The molecule has 1 heterocycles. The van der Waals surface area contributed by atoms with Crippen molar-refractivity contribution in [2.75, 3.05) is 24.6 Å². The van der Waals surface area contributed by atoms with Crippen LogP contribution in [0.4, 0.5) is 0 Å². The van der Waals surface area contributed by atoms with Gasteiger partial charge in [-0.05, 0) is 19.3 Å². The minimum Gasteiger partial charge on any atom is -0.339 e. The molecule has 0 N–H and O–H groups in total. The summed E-state index contributed by atoms with van der Waals surface area (Å²) in [5.74, 6) is -0.114. The van der Waals surface area contributed by atoms with Gasteiger partial charge in [-0.15, -0.1) is 0 Å². The molecule has 88 valence electrons. The number of carbonyl (C=O) groups excluding carboxylic acids is 1. The van der Waals surface area contributed by atoms with Crippen LogP contribution >= 0.6 is 0 Å². The molecule has 0 spiro atoms.